The number of nitrogens with one attached hydrogen (secondary N) is 1. The van der Waals surface area contributed by atoms with Gasteiger partial charge in [0.05, 0.1) is 10.7 Å². The zero-order valence-electron chi connectivity index (χ0n) is 14.1. The van der Waals surface area contributed by atoms with Crippen LogP contribution < -0.4 is 5.32 Å². The van der Waals surface area contributed by atoms with Crippen molar-refractivity contribution < 1.29 is 4.79 Å². The first-order valence-electron chi connectivity index (χ1n) is 8.22. The molecule has 0 radical (unpaired) electrons. The van der Waals surface area contributed by atoms with Gasteiger partial charge >= 0.3 is 0 Å². The molecule has 0 saturated heterocycles. The Morgan fingerprint density at radius 3 is 2.85 bits per heavy atom. The highest BCUT2D eigenvalue weighted by Gasteiger charge is 2.13. The van der Waals surface area contributed by atoms with Gasteiger partial charge in [-0.15, -0.1) is 0 Å². The Bertz CT molecular complexity index is 1140. The number of rotatable bonds is 4. The lowest BCUT2D eigenvalue weighted by Crippen LogP contribution is -2.23. The minimum Gasteiger partial charge on any atom is -0.348 e. The summed E-state index contributed by atoms with van der Waals surface area (Å²) in [7, 11) is 0. The van der Waals surface area contributed by atoms with E-state index in [0.29, 0.717) is 28.5 Å². The Kier molecular flexibility index (Phi) is 4.92. The zero-order valence-corrected chi connectivity index (χ0v) is 16.4. The van der Waals surface area contributed by atoms with E-state index >= 15 is 0 Å². The highest BCUT2D eigenvalue weighted by Crippen LogP contribution is 2.25. The van der Waals surface area contributed by atoms with Crippen LogP contribution in [0.2, 0.25) is 5.02 Å². The molecule has 0 aliphatic carbocycles. The summed E-state index contributed by atoms with van der Waals surface area (Å²) < 4.78 is 2.76. The maximum absolute atomic E-state index is 12.6. The molecule has 1 amide bonds. The smallest absolute Gasteiger partial charge is 0.251 e. The van der Waals surface area contributed by atoms with E-state index in [1.807, 2.05) is 36.4 Å². The maximum Gasteiger partial charge on any atom is 0.251 e. The van der Waals surface area contributed by atoms with Crippen molar-refractivity contribution in [3.05, 3.63) is 87.7 Å². The molecule has 5 nitrogen and oxygen atoms in total. The van der Waals surface area contributed by atoms with Gasteiger partial charge in [-0.1, -0.05) is 39.7 Å². The summed E-state index contributed by atoms with van der Waals surface area (Å²) in [5, 5.41) is 3.45. The third-order valence-electron chi connectivity index (χ3n) is 4.12. The van der Waals surface area contributed by atoms with Crippen molar-refractivity contribution in [2.45, 2.75) is 6.54 Å². The lowest BCUT2D eigenvalue weighted by atomic mass is 10.1. The summed E-state index contributed by atoms with van der Waals surface area (Å²) >= 11 is 9.80. The van der Waals surface area contributed by atoms with Gasteiger partial charge in [0.15, 0.2) is 5.65 Å². The number of benzene rings is 2. The summed E-state index contributed by atoms with van der Waals surface area (Å²) in [4.78, 5) is 21.3. The first-order valence-corrected chi connectivity index (χ1v) is 9.39. The second-order valence-electron chi connectivity index (χ2n) is 5.94. The van der Waals surface area contributed by atoms with Crippen LogP contribution in [-0.2, 0) is 6.54 Å². The molecular weight excluding hydrogens is 428 g/mol. The minimum atomic E-state index is -0.176. The number of hydrogen-bond donors (Lipinski definition) is 1. The molecule has 1 N–H and O–H groups in total. The Morgan fingerprint density at radius 1 is 1.11 bits per heavy atom. The molecule has 0 aliphatic heterocycles. The number of nitrogens with zero attached hydrogens (tertiary/aromatic N) is 3. The van der Waals surface area contributed by atoms with Gasteiger partial charge in [-0.05, 0) is 48.0 Å². The van der Waals surface area contributed by atoms with Crippen LogP contribution in [0.1, 0.15) is 15.9 Å². The third-order valence-corrected chi connectivity index (χ3v) is 4.93. The van der Waals surface area contributed by atoms with Crippen molar-refractivity contribution in [1.29, 1.82) is 0 Å². The minimum absolute atomic E-state index is 0.176. The van der Waals surface area contributed by atoms with Crippen LogP contribution in [0.5, 0.6) is 0 Å². The number of fused-ring (bicyclic) bond motifs is 1. The van der Waals surface area contributed by atoms with Gasteiger partial charge in [-0.25, -0.2) is 9.97 Å². The van der Waals surface area contributed by atoms with Crippen molar-refractivity contribution >= 4 is 44.6 Å². The standard InChI is InChI=1S/C20H14BrClN4O/c21-15-4-1-3-13(9-15)11-24-20(27)14-6-7-16(22)18(10-14)26-12-25-17-5-2-8-23-19(17)26/h1-10,12H,11H2,(H,24,27). The van der Waals surface area contributed by atoms with Crippen LogP contribution in [0.3, 0.4) is 0 Å². The van der Waals surface area contributed by atoms with Gasteiger partial charge in [0.1, 0.15) is 11.8 Å². The number of imidazole rings is 1. The third kappa shape index (κ3) is 3.72. The van der Waals surface area contributed by atoms with E-state index in [9.17, 15) is 4.79 Å². The van der Waals surface area contributed by atoms with Crippen LogP contribution in [0.25, 0.3) is 16.9 Å². The largest absolute Gasteiger partial charge is 0.348 e. The monoisotopic (exact) mass is 440 g/mol. The number of amides is 1. The van der Waals surface area contributed by atoms with E-state index in [0.717, 1.165) is 15.6 Å². The van der Waals surface area contributed by atoms with Crippen LogP contribution >= 0.6 is 27.5 Å². The Balaban J connectivity index is 1.61. The Hall–Kier alpha value is -2.70. The molecule has 0 saturated carbocycles. The highest BCUT2D eigenvalue weighted by atomic mass is 79.9. The predicted molar refractivity (Wildman–Crippen MR) is 109 cm³/mol. The molecule has 0 fully saturated rings. The van der Waals surface area contributed by atoms with Crippen LogP contribution in [0, 0.1) is 0 Å². The number of pyridine rings is 1. The quantitative estimate of drug-likeness (QED) is 0.496. The van der Waals surface area contributed by atoms with E-state index in [4.69, 9.17) is 11.6 Å². The van der Waals surface area contributed by atoms with Gasteiger partial charge < -0.3 is 5.32 Å². The van der Waals surface area contributed by atoms with Crippen molar-refractivity contribution in [3.8, 4) is 5.69 Å². The first kappa shape index (κ1) is 17.7. The van der Waals surface area contributed by atoms with E-state index in [2.05, 4.69) is 31.2 Å². The van der Waals surface area contributed by atoms with Crippen LogP contribution in [0.4, 0.5) is 0 Å². The molecule has 7 heteroatoms. The van der Waals surface area contributed by atoms with E-state index in [-0.39, 0.29) is 5.91 Å². The van der Waals surface area contributed by atoms with Gasteiger partial charge in [0, 0.05) is 22.8 Å². The van der Waals surface area contributed by atoms with Gasteiger partial charge in [-0.2, -0.15) is 0 Å². The fraction of sp³-hybridized carbons (Fsp3) is 0.0500. The molecule has 2 heterocycles. The SMILES string of the molecule is O=C(NCc1cccc(Br)c1)c1ccc(Cl)c(-n2cnc3cccnc32)c1. The maximum atomic E-state index is 12.6. The molecule has 2 aromatic carbocycles. The fourth-order valence-corrected chi connectivity index (χ4v) is 3.45. The molecule has 0 spiro atoms. The van der Waals surface area contributed by atoms with Gasteiger partial charge in [0.2, 0.25) is 0 Å². The summed E-state index contributed by atoms with van der Waals surface area (Å²) in [6.07, 6.45) is 3.35. The molecular formula is C20H14BrClN4O. The van der Waals surface area contributed by atoms with Crippen molar-refractivity contribution in [2.24, 2.45) is 0 Å². The first-order chi connectivity index (χ1) is 13.1. The van der Waals surface area contributed by atoms with E-state index in [1.54, 1.807) is 35.3 Å². The normalized spacial score (nSPS) is 10.9. The zero-order chi connectivity index (χ0) is 18.8. The molecule has 134 valence electrons. The average molecular weight is 442 g/mol. The summed E-state index contributed by atoms with van der Waals surface area (Å²) in [5.41, 5.74) is 3.64. The lowest BCUT2D eigenvalue weighted by Gasteiger charge is -2.10. The summed E-state index contributed by atoms with van der Waals surface area (Å²) in [6, 6.07) is 16.7. The van der Waals surface area contributed by atoms with Crippen molar-refractivity contribution in [2.75, 3.05) is 0 Å². The molecule has 4 rings (SSSR count). The highest BCUT2D eigenvalue weighted by molar-refractivity contribution is 9.10. The Labute approximate surface area is 169 Å². The topological polar surface area (TPSA) is 59.8 Å². The summed E-state index contributed by atoms with van der Waals surface area (Å²) in [6.45, 7) is 0.436. The van der Waals surface area contributed by atoms with E-state index in [1.165, 1.54) is 0 Å². The number of carbonyl (C=O) groups is 1. The summed E-state index contributed by atoms with van der Waals surface area (Å²) in [5.74, 6) is -0.176. The van der Waals surface area contributed by atoms with Gasteiger partial charge in [-0.3, -0.25) is 9.36 Å². The van der Waals surface area contributed by atoms with Crippen LogP contribution in [0.15, 0.2) is 71.6 Å². The predicted octanol–water partition coefficient (Wildman–Crippen LogP) is 4.77. The van der Waals surface area contributed by atoms with Crippen molar-refractivity contribution in [1.82, 2.24) is 19.9 Å². The van der Waals surface area contributed by atoms with E-state index < -0.39 is 0 Å². The number of hydrogen-bond acceptors (Lipinski definition) is 3. The average Bonchev–Trinajstić information content (AvgIpc) is 3.10. The number of halogens is 2. The second-order valence-corrected chi connectivity index (χ2v) is 7.26. The molecule has 0 aliphatic rings. The Morgan fingerprint density at radius 2 is 2.00 bits per heavy atom. The van der Waals surface area contributed by atoms with Gasteiger partial charge in [0.25, 0.3) is 5.91 Å². The second kappa shape index (κ2) is 7.50. The molecule has 0 unspecified atom stereocenters. The molecule has 27 heavy (non-hydrogen) atoms. The lowest BCUT2D eigenvalue weighted by molar-refractivity contribution is 0.0951. The molecule has 0 atom stereocenters. The van der Waals surface area contributed by atoms with Crippen LogP contribution in [-0.4, -0.2) is 20.4 Å². The fourth-order valence-electron chi connectivity index (χ4n) is 2.80. The molecule has 2 aromatic heterocycles. The molecule has 4 aromatic rings. The van der Waals surface area contributed by atoms with Crippen molar-refractivity contribution in [3.63, 3.8) is 0 Å². The number of carbonyl (C=O) groups excluding carboxylic acids is 1. The molecule has 0 bridgehead atoms. The number of aromatic nitrogens is 3.